The van der Waals surface area contributed by atoms with Gasteiger partial charge in [0.15, 0.2) is 0 Å². The number of nitrogens with zero attached hydrogens (tertiary/aromatic N) is 2. The Labute approximate surface area is 131 Å². The number of benzene rings is 1. The van der Waals surface area contributed by atoms with Gasteiger partial charge < -0.3 is 14.2 Å². The van der Waals surface area contributed by atoms with Crippen LogP contribution >= 0.6 is 0 Å². The number of morpholine rings is 1. The van der Waals surface area contributed by atoms with E-state index in [1.807, 2.05) is 41.6 Å². The van der Waals surface area contributed by atoms with E-state index in [-0.39, 0.29) is 11.9 Å². The maximum atomic E-state index is 12.6. The maximum absolute atomic E-state index is 12.6. The number of ether oxygens (including phenoxy) is 1. The van der Waals surface area contributed by atoms with Crippen LogP contribution in [-0.2, 0) is 9.53 Å². The average molecular weight is 298 g/mol. The molecule has 1 atom stereocenters. The summed E-state index contributed by atoms with van der Waals surface area (Å²) in [5, 5.41) is 0. The summed E-state index contributed by atoms with van der Waals surface area (Å²) in [6.45, 7) is 4.79. The Hall–Kier alpha value is -2.07. The molecule has 4 heteroatoms. The first-order valence-corrected chi connectivity index (χ1v) is 7.79. The van der Waals surface area contributed by atoms with E-state index in [2.05, 4.69) is 23.6 Å². The first-order chi connectivity index (χ1) is 10.8. The van der Waals surface area contributed by atoms with Crippen molar-refractivity contribution in [2.75, 3.05) is 26.3 Å². The highest BCUT2D eigenvalue weighted by Gasteiger charge is 2.23. The molecule has 4 nitrogen and oxygen atoms in total. The molecule has 2 aromatic rings. The van der Waals surface area contributed by atoms with Crippen LogP contribution < -0.4 is 0 Å². The molecule has 22 heavy (non-hydrogen) atoms. The van der Waals surface area contributed by atoms with Gasteiger partial charge in [0.25, 0.3) is 0 Å². The van der Waals surface area contributed by atoms with Crippen LogP contribution in [0.3, 0.4) is 0 Å². The summed E-state index contributed by atoms with van der Waals surface area (Å²) in [7, 11) is 0. The lowest BCUT2D eigenvalue weighted by Crippen LogP contribution is -2.41. The van der Waals surface area contributed by atoms with E-state index in [4.69, 9.17) is 4.74 Å². The monoisotopic (exact) mass is 298 g/mol. The van der Waals surface area contributed by atoms with Gasteiger partial charge in [0.1, 0.15) is 0 Å². The van der Waals surface area contributed by atoms with Crippen LogP contribution in [0.15, 0.2) is 48.8 Å². The van der Waals surface area contributed by atoms with E-state index in [1.165, 1.54) is 11.1 Å². The molecular weight excluding hydrogens is 276 g/mol. The second kappa shape index (κ2) is 6.79. The van der Waals surface area contributed by atoms with Crippen LogP contribution in [0.2, 0.25) is 0 Å². The number of rotatable bonds is 4. The predicted molar refractivity (Wildman–Crippen MR) is 85.8 cm³/mol. The summed E-state index contributed by atoms with van der Waals surface area (Å²) in [4.78, 5) is 14.6. The van der Waals surface area contributed by atoms with Crippen molar-refractivity contribution in [1.29, 1.82) is 0 Å². The van der Waals surface area contributed by atoms with Crippen molar-refractivity contribution >= 4 is 5.91 Å². The zero-order valence-electron chi connectivity index (χ0n) is 12.9. The van der Waals surface area contributed by atoms with Gasteiger partial charge in [0.2, 0.25) is 5.91 Å². The van der Waals surface area contributed by atoms with Crippen LogP contribution in [0.5, 0.6) is 0 Å². The number of hydrogen-bond acceptors (Lipinski definition) is 2. The van der Waals surface area contributed by atoms with Crippen LogP contribution in [0.4, 0.5) is 0 Å². The van der Waals surface area contributed by atoms with Crippen molar-refractivity contribution in [2.45, 2.75) is 19.4 Å². The van der Waals surface area contributed by atoms with Crippen LogP contribution in [0.1, 0.15) is 23.6 Å². The fourth-order valence-electron chi connectivity index (χ4n) is 3.00. The molecule has 1 saturated heterocycles. The summed E-state index contributed by atoms with van der Waals surface area (Å²) < 4.78 is 7.46. The van der Waals surface area contributed by atoms with Gasteiger partial charge in [0.05, 0.1) is 25.7 Å². The van der Waals surface area contributed by atoms with E-state index in [0.29, 0.717) is 32.7 Å². The van der Waals surface area contributed by atoms with E-state index in [0.717, 1.165) is 0 Å². The van der Waals surface area contributed by atoms with Crippen molar-refractivity contribution in [2.24, 2.45) is 0 Å². The molecule has 2 heterocycles. The van der Waals surface area contributed by atoms with Gasteiger partial charge in [0, 0.05) is 25.5 Å². The van der Waals surface area contributed by atoms with Gasteiger partial charge in [-0.2, -0.15) is 0 Å². The van der Waals surface area contributed by atoms with E-state index in [9.17, 15) is 4.79 Å². The number of aryl methyl sites for hydroxylation is 1. The van der Waals surface area contributed by atoms with Gasteiger partial charge in [-0.25, -0.2) is 0 Å². The minimum atomic E-state index is 0.0477. The maximum Gasteiger partial charge on any atom is 0.225 e. The summed E-state index contributed by atoms with van der Waals surface area (Å²) in [6.07, 6.45) is 4.55. The minimum absolute atomic E-state index is 0.0477. The quantitative estimate of drug-likeness (QED) is 0.869. The normalized spacial score (nSPS) is 16.5. The van der Waals surface area contributed by atoms with Gasteiger partial charge in [-0.15, -0.1) is 0 Å². The molecule has 0 bridgehead atoms. The molecule has 1 fully saturated rings. The Morgan fingerprint density at radius 1 is 1.14 bits per heavy atom. The lowest BCUT2D eigenvalue weighted by molar-refractivity contribution is -0.135. The van der Waals surface area contributed by atoms with Crippen molar-refractivity contribution < 1.29 is 9.53 Å². The molecule has 0 saturated carbocycles. The van der Waals surface area contributed by atoms with Crippen LogP contribution in [0, 0.1) is 6.92 Å². The predicted octanol–water partition coefficient (Wildman–Crippen LogP) is 2.63. The summed E-state index contributed by atoms with van der Waals surface area (Å²) in [5.41, 5.74) is 2.43. The largest absolute Gasteiger partial charge is 0.378 e. The van der Waals surface area contributed by atoms with Crippen molar-refractivity contribution in [3.63, 3.8) is 0 Å². The zero-order chi connectivity index (χ0) is 15.4. The van der Waals surface area contributed by atoms with Gasteiger partial charge >= 0.3 is 0 Å². The molecule has 0 spiro atoms. The van der Waals surface area contributed by atoms with Gasteiger partial charge in [-0.05, 0) is 30.2 Å². The molecule has 0 radical (unpaired) electrons. The number of carbonyl (C=O) groups is 1. The number of carbonyl (C=O) groups excluding carboxylic acids is 1. The Morgan fingerprint density at radius 2 is 1.82 bits per heavy atom. The third-order valence-corrected chi connectivity index (χ3v) is 4.27. The van der Waals surface area contributed by atoms with Gasteiger partial charge in [-0.3, -0.25) is 4.79 Å². The van der Waals surface area contributed by atoms with Gasteiger partial charge in [-0.1, -0.05) is 24.3 Å². The Kier molecular flexibility index (Phi) is 4.59. The molecule has 3 rings (SSSR count). The fourth-order valence-corrected chi connectivity index (χ4v) is 3.00. The third-order valence-electron chi connectivity index (χ3n) is 4.27. The minimum Gasteiger partial charge on any atom is -0.378 e. The lowest BCUT2D eigenvalue weighted by atomic mass is 9.98. The molecule has 1 amide bonds. The van der Waals surface area contributed by atoms with Crippen molar-refractivity contribution in [1.82, 2.24) is 9.47 Å². The SMILES string of the molecule is Cc1ccccc1C(CC(=O)N1CCOCC1)n1cccc1. The van der Waals surface area contributed by atoms with Crippen LogP contribution in [0.25, 0.3) is 0 Å². The smallest absolute Gasteiger partial charge is 0.225 e. The molecular formula is C18H22N2O2. The first-order valence-electron chi connectivity index (χ1n) is 7.79. The average Bonchev–Trinajstić information content (AvgIpc) is 3.08. The molecule has 0 N–H and O–H groups in total. The second-order valence-electron chi connectivity index (χ2n) is 5.70. The standard InChI is InChI=1S/C18H22N2O2/c1-15-6-2-3-7-16(15)17(19-8-4-5-9-19)14-18(21)20-10-12-22-13-11-20/h2-9,17H,10-14H2,1H3. The molecule has 1 unspecified atom stereocenters. The van der Waals surface area contributed by atoms with E-state index in [1.54, 1.807) is 0 Å². The van der Waals surface area contributed by atoms with Crippen LogP contribution in [-0.4, -0.2) is 41.7 Å². The fraction of sp³-hybridized carbons (Fsp3) is 0.389. The second-order valence-corrected chi connectivity index (χ2v) is 5.70. The third kappa shape index (κ3) is 3.22. The molecule has 0 aliphatic carbocycles. The summed E-state index contributed by atoms with van der Waals surface area (Å²) in [5.74, 6) is 0.199. The van der Waals surface area contributed by atoms with E-state index < -0.39 is 0 Å². The Balaban J connectivity index is 1.83. The summed E-state index contributed by atoms with van der Waals surface area (Å²) in [6, 6.07) is 12.4. The first kappa shape index (κ1) is 14.9. The van der Waals surface area contributed by atoms with Crippen molar-refractivity contribution in [3.05, 3.63) is 59.9 Å². The highest BCUT2D eigenvalue weighted by atomic mass is 16.5. The topological polar surface area (TPSA) is 34.5 Å². The molecule has 116 valence electrons. The van der Waals surface area contributed by atoms with E-state index >= 15 is 0 Å². The Bertz CT molecular complexity index is 616. The highest BCUT2D eigenvalue weighted by molar-refractivity contribution is 5.77. The molecule has 1 aromatic heterocycles. The zero-order valence-corrected chi connectivity index (χ0v) is 12.9. The summed E-state index contributed by atoms with van der Waals surface area (Å²) >= 11 is 0. The lowest BCUT2D eigenvalue weighted by Gasteiger charge is -2.29. The number of hydrogen-bond donors (Lipinski definition) is 0. The number of amides is 1. The van der Waals surface area contributed by atoms with Crippen molar-refractivity contribution in [3.8, 4) is 0 Å². The Morgan fingerprint density at radius 3 is 2.50 bits per heavy atom. The molecule has 1 aromatic carbocycles. The molecule has 1 aliphatic rings. The molecule has 1 aliphatic heterocycles. The number of aromatic nitrogens is 1. The highest BCUT2D eigenvalue weighted by Crippen LogP contribution is 2.26.